The molecule has 0 unspecified atom stereocenters. The SMILES string of the molecule is Cc1cc(SC2CCOCC2)c([C@H](C)O)cc1F. The van der Waals surface area contributed by atoms with E-state index in [0.717, 1.165) is 31.0 Å². The molecule has 1 fully saturated rings. The third-order valence-electron chi connectivity index (χ3n) is 3.20. The first kappa shape index (κ1) is 13.8. The first-order chi connectivity index (χ1) is 8.58. The Balaban J connectivity index is 2.21. The molecular weight excluding hydrogens is 251 g/mol. The quantitative estimate of drug-likeness (QED) is 0.912. The highest BCUT2D eigenvalue weighted by molar-refractivity contribution is 8.00. The van der Waals surface area contributed by atoms with Gasteiger partial charge >= 0.3 is 0 Å². The van der Waals surface area contributed by atoms with Crippen LogP contribution in [0.2, 0.25) is 0 Å². The molecule has 0 aliphatic carbocycles. The Labute approximate surface area is 112 Å². The molecule has 0 spiro atoms. The van der Waals surface area contributed by atoms with Gasteiger partial charge in [0.15, 0.2) is 0 Å². The van der Waals surface area contributed by atoms with Crippen molar-refractivity contribution < 1.29 is 14.2 Å². The lowest BCUT2D eigenvalue weighted by molar-refractivity contribution is 0.1000. The van der Waals surface area contributed by atoms with Crippen molar-refractivity contribution in [2.75, 3.05) is 13.2 Å². The van der Waals surface area contributed by atoms with Crippen LogP contribution in [0.15, 0.2) is 17.0 Å². The monoisotopic (exact) mass is 270 g/mol. The number of halogens is 1. The van der Waals surface area contributed by atoms with E-state index >= 15 is 0 Å². The maximum absolute atomic E-state index is 13.6. The van der Waals surface area contributed by atoms with Crippen molar-refractivity contribution in [3.8, 4) is 0 Å². The summed E-state index contributed by atoms with van der Waals surface area (Å²) < 4.78 is 18.9. The molecule has 1 heterocycles. The molecule has 1 aromatic carbocycles. The summed E-state index contributed by atoms with van der Waals surface area (Å²) in [5, 5.41) is 10.2. The van der Waals surface area contributed by atoms with Gasteiger partial charge in [0.2, 0.25) is 0 Å². The average Bonchev–Trinajstić information content (AvgIpc) is 2.34. The first-order valence-corrected chi connectivity index (χ1v) is 7.18. The van der Waals surface area contributed by atoms with Crippen LogP contribution in [-0.2, 0) is 4.74 Å². The Kier molecular flexibility index (Phi) is 4.65. The molecule has 18 heavy (non-hydrogen) atoms. The van der Waals surface area contributed by atoms with E-state index in [0.29, 0.717) is 16.4 Å². The standard InChI is InChI=1S/C14H19FO2S/c1-9-7-14(12(10(2)16)8-13(9)15)18-11-3-5-17-6-4-11/h7-8,10-11,16H,3-6H2,1-2H3/t10-/m0/s1. The third-order valence-corrected chi connectivity index (χ3v) is 4.62. The zero-order chi connectivity index (χ0) is 13.1. The molecule has 4 heteroatoms. The number of ether oxygens (including phenoxy) is 1. The molecule has 0 saturated carbocycles. The molecule has 1 atom stereocenters. The van der Waals surface area contributed by atoms with E-state index in [-0.39, 0.29) is 5.82 Å². The lowest BCUT2D eigenvalue weighted by Crippen LogP contribution is -2.17. The van der Waals surface area contributed by atoms with E-state index in [1.807, 2.05) is 6.07 Å². The van der Waals surface area contributed by atoms with Gasteiger partial charge in [-0.3, -0.25) is 0 Å². The van der Waals surface area contributed by atoms with Crippen molar-refractivity contribution in [1.82, 2.24) is 0 Å². The number of hydrogen-bond acceptors (Lipinski definition) is 3. The van der Waals surface area contributed by atoms with Gasteiger partial charge in [-0.15, -0.1) is 11.8 Å². The molecule has 1 aliphatic heterocycles. The summed E-state index contributed by atoms with van der Waals surface area (Å²) >= 11 is 1.74. The molecular formula is C14H19FO2S. The highest BCUT2D eigenvalue weighted by Crippen LogP contribution is 2.35. The Morgan fingerprint density at radius 2 is 2.06 bits per heavy atom. The van der Waals surface area contributed by atoms with E-state index in [2.05, 4.69) is 0 Å². The van der Waals surface area contributed by atoms with Gasteiger partial charge in [-0.05, 0) is 49.9 Å². The van der Waals surface area contributed by atoms with Crippen molar-refractivity contribution >= 4 is 11.8 Å². The minimum atomic E-state index is -0.637. The smallest absolute Gasteiger partial charge is 0.126 e. The van der Waals surface area contributed by atoms with E-state index in [4.69, 9.17) is 4.74 Å². The van der Waals surface area contributed by atoms with Crippen molar-refractivity contribution in [3.05, 3.63) is 29.1 Å². The number of aryl methyl sites for hydroxylation is 1. The van der Waals surface area contributed by atoms with E-state index in [9.17, 15) is 9.50 Å². The van der Waals surface area contributed by atoms with Crippen molar-refractivity contribution in [2.24, 2.45) is 0 Å². The van der Waals surface area contributed by atoms with E-state index < -0.39 is 6.10 Å². The highest BCUT2D eigenvalue weighted by Gasteiger charge is 2.19. The Hall–Kier alpha value is -0.580. The summed E-state index contributed by atoms with van der Waals surface area (Å²) in [6.45, 7) is 5.02. The molecule has 0 aromatic heterocycles. The van der Waals surface area contributed by atoms with Crippen molar-refractivity contribution in [2.45, 2.75) is 42.9 Å². The number of rotatable bonds is 3. The topological polar surface area (TPSA) is 29.5 Å². The summed E-state index contributed by atoms with van der Waals surface area (Å²) in [7, 11) is 0. The van der Waals surface area contributed by atoms with Gasteiger partial charge < -0.3 is 9.84 Å². The van der Waals surface area contributed by atoms with Gasteiger partial charge in [0, 0.05) is 23.4 Å². The van der Waals surface area contributed by atoms with Gasteiger partial charge in [-0.1, -0.05) is 0 Å². The fourth-order valence-electron chi connectivity index (χ4n) is 2.07. The number of hydrogen-bond donors (Lipinski definition) is 1. The van der Waals surface area contributed by atoms with Crippen LogP contribution < -0.4 is 0 Å². The summed E-state index contributed by atoms with van der Waals surface area (Å²) in [6.07, 6.45) is 1.39. The van der Waals surface area contributed by atoms with Gasteiger partial charge in [0.05, 0.1) is 6.10 Å². The Bertz CT molecular complexity index is 415. The Morgan fingerprint density at radius 3 is 2.67 bits per heavy atom. The van der Waals surface area contributed by atoms with Crippen LogP contribution in [-0.4, -0.2) is 23.6 Å². The number of thioether (sulfide) groups is 1. The second-order valence-corrected chi connectivity index (χ2v) is 6.09. The number of aliphatic hydroxyl groups is 1. The lowest BCUT2D eigenvalue weighted by Gasteiger charge is -2.23. The number of aliphatic hydroxyl groups excluding tert-OH is 1. The molecule has 100 valence electrons. The molecule has 1 N–H and O–H groups in total. The van der Waals surface area contributed by atoms with Crippen molar-refractivity contribution in [1.29, 1.82) is 0 Å². The molecule has 0 radical (unpaired) electrons. The van der Waals surface area contributed by atoms with Crippen molar-refractivity contribution in [3.63, 3.8) is 0 Å². The number of benzene rings is 1. The fourth-order valence-corrected chi connectivity index (χ4v) is 3.47. The first-order valence-electron chi connectivity index (χ1n) is 6.30. The molecule has 2 rings (SSSR count). The van der Waals surface area contributed by atoms with Crippen LogP contribution in [0.25, 0.3) is 0 Å². The molecule has 0 bridgehead atoms. The van der Waals surface area contributed by atoms with Crippen LogP contribution in [0.5, 0.6) is 0 Å². The van der Waals surface area contributed by atoms with Gasteiger partial charge in [-0.2, -0.15) is 0 Å². The molecule has 1 aromatic rings. The Morgan fingerprint density at radius 1 is 1.39 bits per heavy atom. The summed E-state index contributed by atoms with van der Waals surface area (Å²) in [6, 6.07) is 3.30. The second kappa shape index (κ2) is 6.04. The highest BCUT2D eigenvalue weighted by atomic mass is 32.2. The summed E-state index contributed by atoms with van der Waals surface area (Å²) in [5.41, 5.74) is 1.32. The van der Waals surface area contributed by atoms with Crippen LogP contribution in [0.3, 0.4) is 0 Å². The van der Waals surface area contributed by atoms with E-state index in [1.165, 1.54) is 6.07 Å². The largest absolute Gasteiger partial charge is 0.389 e. The maximum atomic E-state index is 13.6. The van der Waals surface area contributed by atoms with Crippen LogP contribution >= 0.6 is 11.8 Å². The zero-order valence-electron chi connectivity index (χ0n) is 10.8. The maximum Gasteiger partial charge on any atom is 0.126 e. The molecule has 1 saturated heterocycles. The van der Waals surface area contributed by atoms with Crippen LogP contribution in [0.4, 0.5) is 4.39 Å². The molecule has 0 amide bonds. The summed E-state index contributed by atoms with van der Waals surface area (Å²) in [4.78, 5) is 0.996. The summed E-state index contributed by atoms with van der Waals surface area (Å²) in [5.74, 6) is -0.248. The zero-order valence-corrected chi connectivity index (χ0v) is 11.6. The lowest BCUT2D eigenvalue weighted by atomic mass is 10.1. The third kappa shape index (κ3) is 3.25. The van der Waals surface area contributed by atoms with Gasteiger partial charge in [0.25, 0.3) is 0 Å². The minimum Gasteiger partial charge on any atom is -0.389 e. The van der Waals surface area contributed by atoms with Gasteiger partial charge in [-0.25, -0.2) is 4.39 Å². The minimum absolute atomic E-state index is 0.248. The predicted octanol–water partition coefficient (Wildman–Crippen LogP) is 3.46. The normalized spacial score (nSPS) is 18.9. The second-order valence-electron chi connectivity index (χ2n) is 4.74. The molecule has 2 nitrogen and oxygen atoms in total. The fraction of sp³-hybridized carbons (Fsp3) is 0.571. The average molecular weight is 270 g/mol. The van der Waals surface area contributed by atoms with Crippen LogP contribution in [0, 0.1) is 12.7 Å². The predicted molar refractivity (Wildman–Crippen MR) is 71.5 cm³/mol. The van der Waals surface area contributed by atoms with Crippen LogP contribution in [0.1, 0.15) is 37.0 Å². The van der Waals surface area contributed by atoms with Gasteiger partial charge in [0.1, 0.15) is 5.82 Å². The van der Waals surface area contributed by atoms with E-state index in [1.54, 1.807) is 25.6 Å². The molecule has 1 aliphatic rings.